The quantitative estimate of drug-likeness (QED) is 0.530. The fourth-order valence-corrected chi connectivity index (χ4v) is 1.42. The minimum atomic E-state index is -0.450. The van der Waals surface area contributed by atoms with Gasteiger partial charge in [-0.2, -0.15) is 5.10 Å². The number of rotatable bonds is 4. The molecule has 2 rings (SSSR count). The number of hydrogen-bond acceptors (Lipinski definition) is 6. The highest BCUT2D eigenvalue weighted by Crippen LogP contribution is 2.10. The summed E-state index contributed by atoms with van der Waals surface area (Å²) in [5.74, 6) is 0.362. The number of nitrogens with one attached hydrogen (secondary N) is 1. The summed E-state index contributed by atoms with van der Waals surface area (Å²) in [6.07, 6.45) is 4.71. The average Bonchev–Trinajstić information content (AvgIpc) is 2.41. The first-order valence-electron chi connectivity index (χ1n) is 5.16. The molecule has 0 unspecified atom stereocenters. The lowest BCUT2D eigenvalue weighted by molar-refractivity contribution is -0.384. The number of halogens is 1. The molecule has 8 heteroatoms. The number of aromatic nitrogens is 2. The molecule has 0 atom stereocenters. The van der Waals surface area contributed by atoms with Crippen molar-refractivity contribution in [2.45, 2.75) is 0 Å². The van der Waals surface area contributed by atoms with Gasteiger partial charge in [-0.15, -0.1) is 0 Å². The van der Waals surface area contributed by atoms with Gasteiger partial charge in [0, 0.05) is 24.5 Å². The predicted molar refractivity (Wildman–Crippen MR) is 74.0 cm³/mol. The van der Waals surface area contributed by atoms with Crippen LogP contribution in [0.15, 0.2) is 46.2 Å². The lowest BCUT2D eigenvalue weighted by atomic mass is 10.2. The van der Waals surface area contributed by atoms with Gasteiger partial charge in [-0.05, 0) is 33.6 Å². The average molecular weight is 322 g/mol. The Bertz CT molecular complexity index is 597. The molecule has 0 spiro atoms. The minimum Gasteiger partial charge on any atom is -0.258 e. The Kier molecular flexibility index (Phi) is 4.14. The summed E-state index contributed by atoms with van der Waals surface area (Å²) in [7, 11) is 0. The van der Waals surface area contributed by atoms with E-state index in [0.29, 0.717) is 5.95 Å². The Morgan fingerprint density at radius 3 is 2.47 bits per heavy atom. The van der Waals surface area contributed by atoms with Crippen LogP contribution >= 0.6 is 15.9 Å². The molecule has 1 N–H and O–H groups in total. The van der Waals surface area contributed by atoms with E-state index >= 15 is 0 Å². The fourth-order valence-electron chi connectivity index (χ4n) is 1.22. The van der Waals surface area contributed by atoms with Crippen molar-refractivity contribution in [3.05, 3.63) is 56.8 Å². The minimum absolute atomic E-state index is 0.0429. The van der Waals surface area contributed by atoms with E-state index in [1.54, 1.807) is 24.5 Å². The van der Waals surface area contributed by atoms with Crippen LogP contribution in [-0.2, 0) is 0 Å². The van der Waals surface area contributed by atoms with E-state index in [2.05, 4.69) is 36.4 Å². The molecule has 2 aromatic rings. The van der Waals surface area contributed by atoms with Gasteiger partial charge in [0.05, 0.1) is 15.6 Å². The van der Waals surface area contributed by atoms with Crippen LogP contribution < -0.4 is 5.43 Å². The van der Waals surface area contributed by atoms with Gasteiger partial charge in [0.1, 0.15) is 0 Å². The monoisotopic (exact) mass is 321 g/mol. The number of nitro benzene ring substituents is 1. The molecule has 1 aromatic carbocycles. The molecular formula is C11H8BrN5O2. The number of hydrogen-bond donors (Lipinski definition) is 1. The van der Waals surface area contributed by atoms with Gasteiger partial charge < -0.3 is 0 Å². The molecule has 96 valence electrons. The van der Waals surface area contributed by atoms with Crippen LogP contribution in [0.25, 0.3) is 0 Å². The summed E-state index contributed by atoms with van der Waals surface area (Å²) >= 11 is 3.22. The zero-order valence-corrected chi connectivity index (χ0v) is 11.1. The first kappa shape index (κ1) is 13.1. The smallest absolute Gasteiger partial charge is 0.258 e. The van der Waals surface area contributed by atoms with E-state index in [4.69, 9.17) is 0 Å². The van der Waals surface area contributed by atoms with E-state index in [1.807, 2.05) is 0 Å². The maximum atomic E-state index is 10.5. The standard InChI is InChI=1S/C11H8BrN5O2/c12-9-6-13-11(14-7-9)16-15-5-8-1-3-10(4-2-8)17(18)19/h1-7H,(H,13,14,16)/b15-5-. The predicted octanol–water partition coefficient (Wildman–Crippen LogP) is 2.59. The van der Waals surface area contributed by atoms with Crippen molar-refractivity contribution in [1.29, 1.82) is 0 Å². The second-order valence-electron chi connectivity index (χ2n) is 3.44. The van der Waals surface area contributed by atoms with Crippen molar-refractivity contribution < 1.29 is 4.92 Å². The number of nitrogens with zero attached hydrogens (tertiary/aromatic N) is 4. The molecule has 0 bridgehead atoms. The molecule has 0 saturated carbocycles. The first-order valence-corrected chi connectivity index (χ1v) is 5.95. The molecule has 0 fully saturated rings. The highest BCUT2D eigenvalue weighted by molar-refractivity contribution is 9.10. The summed E-state index contributed by atoms with van der Waals surface area (Å²) in [6, 6.07) is 6.03. The molecule has 0 saturated heterocycles. The summed E-state index contributed by atoms with van der Waals surface area (Å²) in [4.78, 5) is 18.0. The molecule has 0 aliphatic rings. The van der Waals surface area contributed by atoms with Gasteiger partial charge in [0.2, 0.25) is 5.95 Å². The Balaban J connectivity index is 1.98. The maximum Gasteiger partial charge on any atom is 0.269 e. The van der Waals surface area contributed by atoms with E-state index in [-0.39, 0.29) is 5.69 Å². The summed E-state index contributed by atoms with van der Waals surface area (Å²) < 4.78 is 0.775. The lowest BCUT2D eigenvalue weighted by Crippen LogP contribution is -1.96. The molecule has 7 nitrogen and oxygen atoms in total. The van der Waals surface area contributed by atoms with Crippen molar-refractivity contribution in [1.82, 2.24) is 9.97 Å². The normalized spacial score (nSPS) is 10.6. The van der Waals surface area contributed by atoms with Crippen LogP contribution in [0, 0.1) is 10.1 Å². The van der Waals surface area contributed by atoms with Crippen molar-refractivity contribution in [2.24, 2.45) is 5.10 Å². The SMILES string of the molecule is O=[N+]([O-])c1ccc(/C=N\Nc2ncc(Br)cn2)cc1. The molecule has 1 aromatic heterocycles. The zero-order valence-electron chi connectivity index (χ0n) is 9.52. The second-order valence-corrected chi connectivity index (χ2v) is 4.36. The van der Waals surface area contributed by atoms with E-state index in [1.165, 1.54) is 18.3 Å². The van der Waals surface area contributed by atoms with Gasteiger partial charge in [-0.1, -0.05) is 0 Å². The van der Waals surface area contributed by atoms with E-state index < -0.39 is 4.92 Å². The number of nitro groups is 1. The molecule has 0 radical (unpaired) electrons. The molecule has 0 amide bonds. The highest BCUT2D eigenvalue weighted by Gasteiger charge is 2.02. The van der Waals surface area contributed by atoms with Gasteiger partial charge in [-0.3, -0.25) is 10.1 Å². The Morgan fingerprint density at radius 1 is 1.26 bits per heavy atom. The third-order valence-corrected chi connectivity index (χ3v) is 2.51. The third kappa shape index (κ3) is 3.81. The molecule has 19 heavy (non-hydrogen) atoms. The third-order valence-electron chi connectivity index (χ3n) is 2.10. The molecular weight excluding hydrogens is 314 g/mol. The van der Waals surface area contributed by atoms with Gasteiger partial charge in [0.25, 0.3) is 5.69 Å². The van der Waals surface area contributed by atoms with Crippen molar-refractivity contribution in [2.75, 3.05) is 5.43 Å². The number of non-ortho nitro benzene ring substituents is 1. The topological polar surface area (TPSA) is 93.3 Å². The van der Waals surface area contributed by atoms with Crippen LogP contribution in [0.4, 0.5) is 11.6 Å². The Labute approximate surface area is 116 Å². The fraction of sp³-hybridized carbons (Fsp3) is 0. The highest BCUT2D eigenvalue weighted by atomic mass is 79.9. The van der Waals surface area contributed by atoms with Gasteiger partial charge in [0.15, 0.2) is 0 Å². The van der Waals surface area contributed by atoms with Crippen molar-refractivity contribution >= 4 is 33.8 Å². The molecule has 0 aliphatic heterocycles. The van der Waals surface area contributed by atoms with Crippen molar-refractivity contribution in [3.63, 3.8) is 0 Å². The maximum absolute atomic E-state index is 10.5. The molecule has 1 heterocycles. The van der Waals surface area contributed by atoms with Crippen LogP contribution in [-0.4, -0.2) is 21.1 Å². The molecule has 0 aliphatic carbocycles. The van der Waals surface area contributed by atoms with Crippen LogP contribution in [0.3, 0.4) is 0 Å². The Morgan fingerprint density at radius 2 is 1.89 bits per heavy atom. The number of anilines is 1. The van der Waals surface area contributed by atoms with E-state index in [9.17, 15) is 10.1 Å². The summed E-state index contributed by atoms with van der Waals surface area (Å²) in [5, 5.41) is 14.4. The number of benzene rings is 1. The summed E-state index contributed by atoms with van der Waals surface area (Å²) in [5.41, 5.74) is 3.42. The number of hydrazone groups is 1. The van der Waals surface area contributed by atoms with Crippen molar-refractivity contribution in [3.8, 4) is 0 Å². The lowest BCUT2D eigenvalue weighted by Gasteiger charge is -1.97. The van der Waals surface area contributed by atoms with Crippen LogP contribution in [0.2, 0.25) is 0 Å². The Hall–Kier alpha value is -2.35. The van der Waals surface area contributed by atoms with Crippen LogP contribution in [0.5, 0.6) is 0 Å². The van der Waals surface area contributed by atoms with E-state index in [0.717, 1.165) is 10.0 Å². The first-order chi connectivity index (χ1) is 9.15. The second kappa shape index (κ2) is 6.01. The van der Waals surface area contributed by atoms with Gasteiger partial charge >= 0.3 is 0 Å². The summed E-state index contributed by atoms with van der Waals surface area (Å²) in [6.45, 7) is 0. The van der Waals surface area contributed by atoms with Gasteiger partial charge in [-0.25, -0.2) is 15.4 Å². The largest absolute Gasteiger partial charge is 0.269 e. The zero-order chi connectivity index (χ0) is 13.7. The van der Waals surface area contributed by atoms with Crippen LogP contribution in [0.1, 0.15) is 5.56 Å².